The van der Waals surface area contributed by atoms with Crippen molar-refractivity contribution in [2.24, 2.45) is 0 Å². The van der Waals surface area contributed by atoms with Gasteiger partial charge in [0.05, 0.1) is 12.3 Å². The molecule has 1 fully saturated rings. The summed E-state index contributed by atoms with van der Waals surface area (Å²) in [5.74, 6) is 0.724. The van der Waals surface area contributed by atoms with Gasteiger partial charge in [-0.05, 0) is 25.7 Å². The van der Waals surface area contributed by atoms with Gasteiger partial charge in [-0.15, -0.1) is 11.3 Å². The molecule has 0 bridgehead atoms. The van der Waals surface area contributed by atoms with Crippen LogP contribution in [0, 0.1) is 6.92 Å². The van der Waals surface area contributed by atoms with E-state index >= 15 is 0 Å². The largest absolute Gasteiger partial charge is 0.389 e. The average Bonchev–Trinajstić information content (AvgIpc) is 2.61. The van der Waals surface area contributed by atoms with E-state index in [1.54, 1.807) is 11.3 Å². The summed E-state index contributed by atoms with van der Waals surface area (Å²) in [5, 5.41) is 9.90. The van der Waals surface area contributed by atoms with Crippen LogP contribution in [-0.4, -0.2) is 10.1 Å². The third-order valence-electron chi connectivity index (χ3n) is 2.99. The lowest BCUT2D eigenvalue weighted by Crippen LogP contribution is -2.03. The molecule has 1 aromatic heterocycles. The Morgan fingerprint density at radius 1 is 1.36 bits per heavy atom. The molecule has 0 radical (unpaired) electrons. The first kappa shape index (κ1) is 10.1. The van der Waals surface area contributed by atoms with E-state index in [4.69, 9.17) is 5.11 Å². The first-order chi connectivity index (χ1) is 6.81. The van der Waals surface area contributed by atoms with Gasteiger partial charge >= 0.3 is 0 Å². The van der Waals surface area contributed by atoms with Crippen molar-refractivity contribution in [2.45, 2.75) is 51.6 Å². The van der Waals surface area contributed by atoms with Gasteiger partial charge in [0.25, 0.3) is 0 Å². The first-order valence-corrected chi connectivity index (χ1v) is 6.20. The van der Waals surface area contributed by atoms with Gasteiger partial charge in [-0.1, -0.05) is 19.3 Å². The van der Waals surface area contributed by atoms with Crippen molar-refractivity contribution in [2.75, 3.05) is 0 Å². The van der Waals surface area contributed by atoms with Crippen LogP contribution in [0.15, 0.2) is 0 Å². The van der Waals surface area contributed by atoms with E-state index in [2.05, 4.69) is 11.9 Å². The number of hydrogen-bond acceptors (Lipinski definition) is 3. The molecule has 0 aliphatic heterocycles. The first-order valence-electron chi connectivity index (χ1n) is 5.38. The normalized spacial score (nSPS) is 18.7. The lowest BCUT2D eigenvalue weighted by atomic mass is 9.88. The van der Waals surface area contributed by atoms with Crippen molar-refractivity contribution < 1.29 is 5.11 Å². The number of thiazole rings is 1. The van der Waals surface area contributed by atoms with E-state index in [9.17, 15) is 0 Å². The van der Waals surface area contributed by atoms with E-state index in [1.807, 2.05) is 0 Å². The molecule has 0 atom stereocenters. The average molecular weight is 211 g/mol. The van der Waals surface area contributed by atoms with Crippen LogP contribution in [0.2, 0.25) is 0 Å². The van der Waals surface area contributed by atoms with Crippen LogP contribution in [0.4, 0.5) is 0 Å². The van der Waals surface area contributed by atoms with Crippen molar-refractivity contribution in [3.63, 3.8) is 0 Å². The SMILES string of the molecule is Cc1nc(CO)sc1C1CCCCC1. The predicted molar refractivity (Wildman–Crippen MR) is 58.6 cm³/mol. The second kappa shape index (κ2) is 4.41. The Morgan fingerprint density at radius 2 is 2.07 bits per heavy atom. The molecule has 1 aliphatic rings. The topological polar surface area (TPSA) is 33.1 Å². The molecule has 1 saturated carbocycles. The zero-order valence-corrected chi connectivity index (χ0v) is 9.44. The second-order valence-corrected chi connectivity index (χ2v) is 5.17. The molecule has 14 heavy (non-hydrogen) atoms. The fraction of sp³-hybridized carbons (Fsp3) is 0.727. The Balaban J connectivity index is 2.17. The highest BCUT2D eigenvalue weighted by atomic mass is 32.1. The van der Waals surface area contributed by atoms with Crippen LogP contribution in [-0.2, 0) is 6.61 Å². The van der Waals surface area contributed by atoms with Crippen molar-refractivity contribution >= 4 is 11.3 Å². The highest BCUT2D eigenvalue weighted by Crippen LogP contribution is 2.37. The lowest BCUT2D eigenvalue weighted by molar-refractivity contribution is 0.281. The molecule has 1 heterocycles. The number of aliphatic hydroxyl groups is 1. The summed E-state index contributed by atoms with van der Waals surface area (Å²) in [6.07, 6.45) is 6.73. The lowest BCUT2D eigenvalue weighted by Gasteiger charge is -2.20. The summed E-state index contributed by atoms with van der Waals surface area (Å²) in [5.41, 5.74) is 1.14. The molecule has 78 valence electrons. The fourth-order valence-electron chi connectivity index (χ4n) is 2.28. The molecule has 0 saturated heterocycles. The third kappa shape index (κ3) is 1.98. The number of aromatic nitrogens is 1. The number of aliphatic hydroxyl groups excluding tert-OH is 1. The maximum Gasteiger partial charge on any atom is 0.119 e. The van der Waals surface area contributed by atoms with Crippen molar-refractivity contribution in [3.8, 4) is 0 Å². The third-order valence-corrected chi connectivity index (χ3v) is 4.29. The van der Waals surface area contributed by atoms with Gasteiger partial charge in [0, 0.05) is 4.88 Å². The molecule has 2 nitrogen and oxygen atoms in total. The number of aryl methyl sites for hydroxylation is 1. The highest BCUT2D eigenvalue weighted by Gasteiger charge is 2.20. The summed E-state index contributed by atoms with van der Waals surface area (Å²) in [6, 6.07) is 0. The Labute approximate surface area is 89.0 Å². The monoisotopic (exact) mass is 211 g/mol. The van der Waals surface area contributed by atoms with Gasteiger partial charge in [-0.2, -0.15) is 0 Å². The molecular formula is C11H17NOS. The summed E-state index contributed by atoms with van der Waals surface area (Å²) in [7, 11) is 0. The molecule has 2 rings (SSSR count). The number of nitrogens with zero attached hydrogens (tertiary/aromatic N) is 1. The van der Waals surface area contributed by atoms with E-state index in [0.29, 0.717) is 0 Å². The van der Waals surface area contributed by atoms with Gasteiger partial charge in [0.15, 0.2) is 0 Å². The minimum Gasteiger partial charge on any atom is -0.389 e. The maximum atomic E-state index is 9.02. The predicted octanol–water partition coefficient (Wildman–Crippen LogP) is 2.99. The zero-order chi connectivity index (χ0) is 9.97. The van der Waals surface area contributed by atoms with Gasteiger partial charge in [-0.25, -0.2) is 4.98 Å². The Morgan fingerprint density at radius 3 is 2.64 bits per heavy atom. The molecule has 1 aromatic rings. The summed E-state index contributed by atoms with van der Waals surface area (Å²) in [4.78, 5) is 5.80. The molecule has 1 aliphatic carbocycles. The van der Waals surface area contributed by atoms with E-state index in [0.717, 1.165) is 16.6 Å². The van der Waals surface area contributed by atoms with E-state index in [-0.39, 0.29) is 6.61 Å². The van der Waals surface area contributed by atoms with Crippen molar-refractivity contribution in [1.29, 1.82) is 0 Å². The van der Waals surface area contributed by atoms with Crippen LogP contribution in [0.5, 0.6) is 0 Å². The molecule has 0 unspecified atom stereocenters. The summed E-state index contributed by atoms with van der Waals surface area (Å²) >= 11 is 1.70. The Kier molecular flexibility index (Phi) is 3.19. The van der Waals surface area contributed by atoms with Crippen LogP contribution < -0.4 is 0 Å². The van der Waals surface area contributed by atoms with E-state index in [1.165, 1.54) is 37.0 Å². The quantitative estimate of drug-likeness (QED) is 0.815. The number of hydrogen-bond donors (Lipinski definition) is 1. The maximum absolute atomic E-state index is 9.02. The molecule has 0 amide bonds. The van der Waals surface area contributed by atoms with Crippen LogP contribution in [0.1, 0.15) is 53.6 Å². The van der Waals surface area contributed by atoms with Crippen LogP contribution in [0.3, 0.4) is 0 Å². The Bertz CT molecular complexity index is 302. The van der Waals surface area contributed by atoms with Crippen molar-refractivity contribution in [3.05, 3.63) is 15.6 Å². The fourth-order valence-corrected chi connectivity index (χ4v) is 3.37. The smallest absolute Gasteiger partial charge is 0.119 e. The minimum atomic E-state index is 0.0955. The molecule has 1 N–H and O–H groups in total. The van der Waals surface area contributed by atoms with Gasteiger partial charge in [0.1, 0.15) is 5.01 Å². The van der Waals surface area contributed by atoms with Crippen molar-refractivity contribution in [1.82, 2.24) is 4.98 Å². The Hall–Kier alpha value is -0.410. The van der Waals surface area contributed by atoms with Gasteiger partial charge in [0.2, 0.25) is 0 Å². The molecular weight excluding hydrogens is 194 g/mol. The molecule has 0 aromatic carbocycles. The van der Waals surface area contributed by atoms with Gasteiger partial charge in [-0.3, -0.25) is 0 Å². The molecule has 3 heteroatoms. The standard InChI is InChI=1S/C11H17NOS/c1-8-11(14-10(7-13)12-8)9-5-3-2-4-6-9/h9,13H,2-7H2,1H3. The minimum absolute atomic E-state index is 0.0955. The summed E-state index contributed by atoms with van der Waals surface area (Å²) < 4.78 is 0. The molecule has 0 spiro atoms. The second-order valence-electron chi connectivity index (χ2n) is 4.05. The van der Waals surface area contributed by atoms with Gasteiger partial charge < -0.3 is 5.11 Å². The van der Waals surface area contributed by atoms with Crippen LogP contribution in [0.25, 0.3) is 0 Å². The van der Waals surface area contributed by atoms with E-state index < -0.39 is 0 Å². The highest BCUT2D eigenvalue weighted by molar-refractivity contribution is 7.11. The van der Waals surface area contributed by atoms with Crippen LogP contribution >= 0.6 is 11.3 Å². The zero-order valence-electron chi connectivity index (χ0n) is 8.62. The summed E-state index contributed by atoms with van der Waals surface area (Å²) in [6.45, 7) is 2.16. The number of rotatable bonds is 2.